The molecule has 2 amide bonds. The minimum atomic E-state index is -0.340. The highest BCUT2D eigenvalue weighted by Gasteiger charge is 2.27. The minimum Gasteiger partial charge on any atom is -0.349 e. The maximum absolute atomic E-state index is 12.7. The second-order valence-corrected chi connectivity index (χ2v) is 6.44. The second kappa shape index (κ2) is 7.70. The first-order chi connectivity index (χ1) is 12.1. The van der Waals surface area contributed by atoms with Gasteiger partial charge in [0.25, 0.3) is 11.8 Å². The quantitative estimate of drug-likeness (QED) is 0.859. The maximum atomic E-state index is 12.7. The zero-order valence-electron chi connectivity index (χ0n) is 14.1. The van der Waals surface area contributed by atoms with Crippen LogP contribution in [0, 0.1) is 0 Å². The van der Waals surface area contributed by atoms with E-state index in [1.165, 1.54) is 0 Å². The molecule has 0 unspecified atom stereocenters. The minimum absolute atomic E-state index is 0.234. The van der Waals surface area contributed by atoms with E-state index in [2.05, 4.69) is 15.6 Å². The average Bonchev–Trinajstić information content (AvgIpc) is 3.01. The second-order valence-electron chi connectivity index (χ2n) is 6.03. The molecule has 1 aliphatic heterocycles. The number of nitrogens with zero attached hydrogens (tertiary/aromatic N) is 2. The van der Waals surface area contributed by atoms with Crippen molar-refractivity contribution in [3.63, 3.8) is 0 Å². The van der Waals surface area contributed by atoms with E-state index in [4.69, 9.17) is 11.6 Å². The fourth-order valence-corrected chi connectivity index (χ4v) is 3.14. The molecule has 7 heteroatoms. The molecule has 3 rings (SSSR count). The smallest absolute Gasteiger partial charge is 0.287 e. The zero-order chi connectivity index (χ0) is 17.8. The molecule has 2 N–H and O–H groups in total. The third-order valence-corrected chi connectivity index (χ3v) is 4.52. The van der Waals surface area contributed by atoms with Crippen LogP contribution in [-0.2, 0) is 13.0 Å². The number of benzene rings is 1. The molecule has 0 saturated heterocycles. The van der Waals surface area contributed by atoms with Gasteiger partial charge in [0.2, 0.25) is 0 Å². The molecule has 25 heavy (non-hydrogen) atoms. The Morgan fingerprint density at radius 2 is 2.04 bits per heavy atom. The van der Waals surface area contributed by atoms with Crippen molar-refractivity contribution in [1.29, 1.82) is 0 Å². The van der Waals surface area contributed by atoms with E-state index in [9.17, 15) is 9.59 Å². The number of aromatic nitrogens is 2. The lowest BCUT2D eigenvalue weighted by atomic mass is 10.1. The van der Waals surface area contributed by atoms with E-state index in [-0.39, 0.29) is 11.8 Å². The van der Waals surface area contributed by atoms with E-state index in [1.807, 2.05) is 11.5 Å². The van der Waals surface area contributed by atoms with Gasteiger partial charge in [0.05, 0.1) is 16.4 Å². The number of carbonyl (C=O) groups excluding carboxylic acids is 2. The van der Waals surface area contributed by atoms with Crippen LogP contribution in [0.3, 0.4) is 0 Å². The van der Waals surface area contributed by atoms with Crippen molar-refractivity contribution in [3.05, 3.63) is 46.5 Å². The molecule has 0 aliphatic carbocycles. The summed E-state index contributed by atoms with van der Waals surface area (Å²) in [6.45, 7) is 3.28. The fourth-order valence-electron chi connectivity index (χ4n) is 2.96. The number of hydrogen-bond acceptors (Lipinski definition) is 3. The van der Waals surface area contributed by atoms with Crippen LogP contribution in [0.25, 0.3) is 0 Å². The van der Waals surface area contributed by atoms with Gasteiger partial charge in [-0.15, -0.1) is 0 Å². The van der Waals surface area contributed by atoms with E-state index in [1.54, 1.807) is 24.3 Å². The highest BCUT2D eigenvalue weighted by Crippen LogP contribution is 2.24. The summed E-state index contributed by atoms with van der Waals surface area (Å²) in [5.41, 5.74) is 1.66. The lowest BCUT2D eigenvalue weighted by molar-refractivity contribution is 0.0937. The van der Waals surface area contributed by atoms with Gasteiger partial charge < -0.3 is 15.2 Å². The molecule has 0 spiro atoms. The van der Waals surface area contributed by atoms with Crippen LogP contribution < -0.4 is 10.6 Å². The van der Waals surface area contributed by atoms with Gasteiger partial charge in [-0.1, -0.05) is 30.7 Å². The topological polar surface area (TPSA) is 76.0 Å². The van der Waals surface area contributed by atoms with Gasteiger partial charge >= 0.3 is 0 Å². The standard InChI is InChI=1S/C18H21ClN4O2/c1-2-10-20-18(25)16-22-15(14-9-5-6-11-23(14)16)17(24)21-13-8-4-3-7-12(13)19/h3-4,7-8H,2,5-6,9-11H2,1H3,(H,20,25)(H,21,24). The molecule has 0 radical (unpaired) electrons. The molecule has 0 saturated carbocycles. The molecular formula is C18H21ClN4O2. The molecule has 0 atom stereocenters. The summed E-state index contributed by atoms with van der Waals surface area (Å²) in [4.78, 5) is 29.5. The van der Waals surface area contributed by atoms with Crippen molar-refractivity contribution < 1.29 is 9.59 Å². The zero-order valence-corrected chi connectivity index (χ0v) is 14.9. The fraction of sp³-hybridized carbons (Fsp3) is 0.389. The number of fused-ring (bicyclic) bond motifs is 1. The monoisotopic (exact) mass is 360 g/mol. The predicted molar refractivity (Wildman–Crippen MR) is 97.2 cm³/mol. The Morgan fingerprint density at radius 1 is 1.24 bits per heavy atom. The molecule has 1 aromatic carbocycles. The number of imidazole rings is 1. The van der Waals surface area contributed by atoms with Gasteiger partial charge in [-0.3, -0.25) is 9.59 Å². The molecule has 2 aromatic rings. The van der Waals surface area contributed by atoms with Gasteiger partial charge in [-0.05, 0) is 37.8 Å². The van der Waals surface area contributed by atoms with Gasteiger partial charge in [0.15, 0.2) is 11.5 Å². The highest BCUT2D eigenvalue weighted by atomic mass is 35.5. The van der Waals surface area contributed by atoms with E-state index >= 15 is 0 Å². The van der Waals surface area contributed by atoms with Crippen LogP contribution in [0.1, 0.15) is 53.0 Å². The first-order valence-corrected chi connectivity index (χ1v) is 8.93. The number of anilines is 1. The van der Waals surface area contributed by atoms with Gasteiger partial charge in [0.1, 0.15) is 0 Å². The number of para-hydroxylation sites is 1. The van der Waals surface area contributed by atoms with Gasteiger partial charge in [-0.2, -0.15) is 0 Å². The normalized spacial score (nSPS) is 13.2. The van der Waals surface area contributed by atoms with Crippen LogP contribution in [0.5, 0.6) is 0 Å². The SMILES string of the molecule is CCCNC(=O)c1nc(C(=O)Nc2ccccc2Cl)c2n1CCCC2. The summed E-state index contributed by atoms with van der Waals surface area (Å²) in [5.74, 6) is -0.262. The molecule has 6 nitrogen and oxygen atoms in total. The van der Waals surface area contributed by atoms with Crippen LogP contribution in [0.2, 0.25) is 5.02 Å². The molecule has 0 fully saturated rings. The molecule has 1 aromatic heterocycles. The Morgan fingerprint density at radius 3 is 2.80 bits per heavy atom. The summed E-state index contributed by atoms with van der Waals surface area (Å²) in [7, 11) is 0. The van der Waals surface area contributed by atoms with Crippen molar-refractivity contribution in [2.45, 2.75) is 39.2 Å². The third kappa shape index (κ3) is 3.69. The molecular weight excluding hydrogens is 340 g/mol. The van der Waals surface area contributed by atoms with Gasteiger partial charge in [-0.25, -0.2) is 4.98 Å². The molecule has 2 heterocycles. The summed E-state index contributed by atoms with van der Waals surface area (Å²) in [5, 5.41) is 6.09. The molecule has 1 aliphatic rings. The Kier molecular flexibility index (Phi) is 5.38. The Labute approximate surface area is 151 Å². The predicted octanol–water partition coefficient (Wildman–Crippen LogP) is 3.26. The van der Waals surface area contributed by atoms with E-state index < -0.39 is 0 Å². The van der Waals surface area contributed by atoms with Crippen LogP contribution in [0.4, 0.5) is 5.69 Å². The van der Waals surface area contributed by atoms with Gasteiger partial charge in [0, 0.05) is 13.1 Å². The molecule has 0 bridgehead atoms. The van der Waals surface area contributed by atoms with Crippen molar-refractivity contribution in [1.82, 2.24) is 14.9 Å². The van der Waals surface area contributed by atoms with Crippen molar-refractivity contribution in [2.75, 3.05) is 11.9 Å². The summed E-state index contributed by atoms with van der Waals surface area (Å²) in [6.07, 6.45) is 3.54. The number of hydrogen-bond donors (Lipinski definition) is 2. The van der Waals surface area contributed by atoms with Crippen molar-refractivity contribution in [3.8, 4) is 0 Å². The number of nitrogens with one attached hydrogen (secondary N) is 2. The van der Waals surface area contributed by atoms with Crippen molar-refractivity contribution in [2.24, 2.45) is 0 Å². The lowest BCUT2D eigenvalue weighted by Gasteiger charge is -2.17. The maximum Gasteiger partial charge on any atom is 0.287 e. The number of amides is 2. The van der Waals surface area contributed by atoms with Crippen LogP contribution >= 0.6 is 11.6 Å². The molecule has 132 valence electrons. The van der Waals surface area contributed by atoms with Crippen LogP contribution in [-0.4, -0.2) is 27.9 Å². The number of rotatable bonds is 5. The average molecular weight is 361 g/mol. The first kappa shape index (κ1) is 17.5. The lowest BCUT2D eigenvalue weighted by Crippen LogP contribution is -2.28. The summed E-state index contributed by atoms with van der Waals surface area (Å²) < 4.78 is 1.87. The number of halogens is 1. The Bertz CT molecular complexity index is 800. The first-order valence-electron chi connectivity index (χ1n) is 8.55. The number of carbonyl (C=O) groups is 2. The van der Waals surface area contributed by atoms with E-state index in [0.29, 0.717) is 35.3 Å². The highest BCUT2D eigenvalue weighted by molar-refractivity contribution is 6.33. The summed E-state index contributed by atoms with van der Waals surface area (Å²) in [6, 6.07) is 7.04. The largest absolute Gasteiger partial charge is 0.349 e. The summed E-state index contributed by atoms with van der Waals surface area (Å²) >= 11 is 6.11. The van der Waals surface area contributed by atoms with Crippen molar-refractivity contribution >= 4 is 29.1 Å². The Hall–Kier alpha value is -2.34. The van der Waals surface area contributed by atoms with E-state index in [0.717, 1.165) is 31.4 Å². The Balaban J connectivity index is 1.90. The van der Waals surface area contributed by atoms with Crippen LogP contribution in [0.15, 0.2) is 24.3 Å². The third-order valence-electron chi connectivity index (χ3n) is 4.19.